The van der Waals surface area contributed by atoms with Gasteiger partial charge in [-0.2, -0.15) is 14.9 Å². The van der Waals surface area contributed by atoms with Gasteiger partial charge in [-0.25, -0.2) is 0 Å². The lowest BCUT2D eigenvalue weighted by atomic mass is 10.2. The summed E-state index contributed by atoms with van der Waals surface area (Å²) < 4.78 is 7.81. The Hall–Kier alpha value is -1.95. The minimum Gasteiger partial charge on any atom is -0.493 e. The maximum absolute atomic E-state index is 5.58. The molecule has 1 aliphatic carbocycles. The fourth-order valence-electron chi connectivity index (χ4n) is 2.02. The highest BCUT2D eigenvalue weighted by Crippen LogP contribution is 2.38. The van der Waals surface area contributed by atoms with Gasteiger partial charge in [0.15, 0.2) is 5.82 Å². The van der Waals surface area contributed by atoms with Crippen LogP contribution in [0.5, 0.6) is 5.75 Å². The van der Waals surface area contributed by atoms with Gasteiger partial charge >= 0.3 is 0 Å². The molecule has 1 aromatic heterocycles. The summed E-state index contributed by atoms with van der Waals surface area (Å²) in [6, 6.07) is 7.80. The minimum atomic E-state index is 0.488. The second-order valence-electron chi connectivity index (χ2n) is 4.69. The van der Waals surface area contributed by atoms with E-state index < -0.39 is 0 Å². The SMILES string of the molecule is CCOc1ccccc1/C=N\n1c(C2CC2)n[nH]c1=S. The van der Waals surface area contributed by atoms with Crippen molar-refractivity contribution in [2.75, 3.05) is 6.61 Å². The molecule has 20 heavy (non-hydrogen) atoms. The van der Waals surface area contributed by atoms with Crippen molar-refractivity contribution in [2.24, 2.45) is 5.10 Å². The van der Waals surface area contributed by atoms with Crippen molar-refractivity contribution in [1.82, 2.24) is 14.9 Å². The number of nitrogens with zero attached hydrogens (tertiary/aromatic N) is 3. The maximum atomic E-state index is 5.58. The number of hydrogen-bond donors (Lipinski definition) is 1. The third-order valence-electron chi connectivity index (χ3n) is 3.15. The van der Waals surface area contributed by atoms with Gasteiger partial charge in [0.05, 0.1) is 12.8 Å². The zero-order chi connectivity index (χ0) is 13.9. The molecule has 0 bridgehead atoms. The Kier molecular flexibility index (Phi) is 3.64. The molecule has 1 fully saturated rings. The van der Waals surface area contributed by atoms with Gasteiger partial charge in [-0.15, -0.1) is 0 Å². The number of hydrogen-bond acceptors (Lipinski definition) is 4. The van der Waals surface area contributed by atoms with E-state index in [1.165, 1.54) is 0 Å². The maximum Gasteiger partial charge on any atom is 0.216 e. The first-order chi connectivity index (χ1) is 9.79. The minimum absolute atomic E-state index is 0.488. The summed E-state index contributed by atoms with van der Waals surface area (Å²) in [6.07, 6.45) is 4.08. The number of H-pyrrole nitrogens is 1. The molecule has 6 heteroatoms. The van der Waals surface area contributed by atoms with E-state index in [1.54, 1.807) is 10.9 Å². The number of aromatic nitrogens is 3. The molecule has 0 amide bonds. The van der Waals surface area contributed by atoms with Crippen LogP contribution < -0.4 is 4.74 Å². The second-order valence-corrected chi connectivity index (χ2v) is 5.08. The van der Waals surface area contributed by atoms with Crippen LogP contribution in [0.4, 0.5) is 0 Å². The Bertz CT molecular complexity index is 684. The van der Waals surface area contributed by atoms with E-state index in [1.807, 2.05) is 31.2 Å². The molecule has 5 nitrogen and oxygen atoms in total. The molecule has 104 valence electrons. The lowest BCUT2D eigenvalue weighted by molar-refractivity contribution is 0.340. The smallest absolute Gasteiger partial charge is 0.216 e. The number of nitrogens with one attached hydrogen (secondary N) is 1. The van der Waals surface area contributed by atoms with Gasteiger partial charge in [-0.1, -0.05) is 12.1 Å². The topological polar surface area (TPSA) is 55.2 Å². The lowest BCUT2D eigenvalue weighted by Crippen LogP contribution is -1.99. The number of aromatic amines is 1. The molecule has 3 rings (SSSR count). The van der Waals surface area contributed by atoms with E-state index >= 15 is 0 Å². The van der Waals surface area contributed by atoms with Gasteiger partial charge in [0.1, 0.15) is 5.75 Å². The first-order valence-electron chi connectivity index (χ1n) is 6.73. The Balaban J connectivity index is 1.91. The molecule has 1 saturated carbocycles. The van der Waals surface area contributed by atoms with Gasteiger partial charge in [-0.3, -0.25) is 5.10 Å². The van der Waals surface area contributed by atoms with Crippen molar-refractivity contribution in [1.29, 1.82) is 0 Å². The summed E-state index contributed by atoms with van der Waals surface area (Å²) in [5.74, 6) is 2.23. The number of para-hydroxylation sites is 1. The second kappa shape index (κ2) is 5.58. The summed E-state index contributed by atoms with van der Waals surface area (Å²) in [4.78, 5) is 0. The molecule has 1 N–H and O–H groups in total. The quantitative estimate of drug-likeness (QED) is 0.679. The molecule has 0 spiro atoms. The Morgan fingerprint density at radius 2 is 2.30 bits per heavy atom. The third-order valence-corrected chi connectivity index (χ3v) is 3.41. The summed E-state index contributed by atoms with van der Waals surface area (Å²) in [5, 5.41) is 11.5. The van der Waals surface area contributed by atoms with Crippen LogP contribution in [-0.2, 0) is 0 Å². The highest BCUT2D eigenvalue weighted by atomic mass is 32.1. The highest BCUT2D eigenvalue weighted by Gasteiger charge is 2.29. The van der Waals surface area contributed by atoms with Crippen molar-refractivity contribution in [3.05, 3.63) is 40.4 Å². The lowest BCUT2D eigenvalue weighted by Gasteiger charge is -2.06. The van der Waals surface area contributed by atoms with E-state index in [9.17, 15) is 0 Å². The van der Waals surface area contributed by atoms with Crippen LogP contribution in [0.2, 0.25) is 0 Å². The van der Waals surface area contributed by atoms with Crippen LogP contribution in [0.3, 0.4) is 0 Å². The van der Waals surface area contributed by atoms with Crippen molar-refractivity contribution < 1.29 is 4.74 Å². The van der Waals surface area contributed by atoms with Crippen molar-refractivity contribution in [3.8, 4) is 5.75 Å². The van der Waals surface area contributed by atoms with Crippen LogP contribution in [-0.4, -0.2) is 27.7 Å². The number of benzene rings is 1. The van der Waals surface area contributed by atoms with Crippen molar-refractivity contribution in [2.45, 2.75) is 25.7 Å². The van der Waals surface area contributed by atoms with Crippen LogP contribution in [0.25, 0.3) is 0 Å². The summed E-state index contributed by atoms with van der Waals surface area (Å²) in [7, 11) is 0. The Morgan fingerprint density at radius 1 is 1.50 bits per heavy atom. The fraction of sp³-hybridized carbons (Fsp3) is 0.357. The molecule has 1 heterocycles. The molecule has 0 saturated heterocycles. The molecule has 0 atom stereocenters. The monoisotopic (exact) mass is 288 g/mol. The van der Waals surface area contributed by atoms with E-state index in [-0.39, 0.29) is 0 Å². The van der Waals surface area contributed by atoms with Crippen LogP contribution in [0.1, 0.15) is 37.1 Å². The van der Waals surface area contributed by atoms with E-state index in [2.05, 4.69) is 15.3 Å². The van der Waals surface area contributed by atoms with Gasteiger partial charge in [0, 0.05) is 11.5 Å². The number of ether oxygens (including phenoxy) is 1. The van der Waals surface area contributed by atoms with Gasteiger partial charge in [0.2, 0.25) is 4.77 Å². The first kappa shape index (κ1) is 13.1. The van der Waals surface area contributed by atoms with E-state index in [0.717, 1.165) is 30.0 Å². The Morgan fingerprint density at radius 3 is 3.05 bits per heavy atom. The third kappa shape index (κ3) is 2.65. The van der Waals surface area contributed by atoms with Gasteiger partial charge in [0.25, 0.3) is 0 Å². The van der Waals surface area contributed by atoms with Crippen LogP contribution in [0.15, 0.2) is 29.4 Å². The van der Waals surface area contributed by atoms with Crippen LogP contribution in [0, 0.1) is 4.77 Å². The molecule has 0 aliphatic heterocycles. The highest BCUT2D eigenvalue weighted by molar-refractivity contribution is 7.71. The number of rotatable bonds is 5. The molecular formula is C14H16N4OS. The molecular weight excluding hydrogens is 272 g/mol. The normalized spacial score (nSPS) is 14.8. The van der Waals surface area contributed by atoms with E-state index in [0.29, 0.717) is 17.3 Å². The summed E-state index contributed by atoms with van der Waals surface area (Å²) >= 11 is 5.22. The fourth-order valence-corrected chi connectivity index (χ4v) is 2.20. The molecule has 1 aromatic carbocycles. The predicted octanol–water partition coefficient (Wildman–Crippen LogP) is 3.10. The first-order valence-corrected chi connectivity index (χ1v) is 7.14. The largest absolute Gasteiger partial charge is 0.493 e. The Labute approximate surface area is 122 Å². The van der Waals surface area contributed by atoms with E-state index in [4.69, 9.17) is 17.0 Å². The zero-order valence-corrected chi connectivity index (χ0v) is 12.1. The van der Waals surface area contributed by atoms with Crippen molar-refractivity contribution >= 4 is 18.4 Å². The van der Waals surface area contributed by atoms with Gasteiger partial charge < -0.3 is 4.74 Å². The molecule has 0 radical (unpaired) electrons. The summed E-state index contributed by atoms with van der Waals surface area (Å²) in [5.41, 5.74) is 0.930. The van der Waals surface area contributed by atoms with Crippen molar-refractivity contribution in [3.63, 3.8) is 0 Å². The van der Waals surface area contributed by atoms with Crippen LogP contribution >= 0.6 is 12.2 Å². The standard InChI is InChI=1S/C14H16N4OS/c1-2-19-12-6-4-3-5-11(12)9-15-18-13(10-7-8-10)16-17-14(18)20/h3-6,9-10H,2,7-8H2,1H3,(H,17,20)/b15-9-. The van der Waals surface area contributed by atoms with Gasteiger partial charge in [-0.05, 0) is 44.1 Å². The predicted molar refractivity (Wildman–Crippen MR) is 80.0 cm³/mol. The molecule has 2 aromatic rings. The average Bonchev–Trinajstić information content (AvgIpc) is 3.23. The summed E-state index contributed by atoms with van der Waals surface area (Å²) in [6.45, 7) is 2.59. The molecule has 0 unspecified atom stereocenters. The zero-order valence-electron chi connectivity index (χ0n) is 11.2. The molecule has 1 aliphatic rings. The average molecular weight is 288 g/mol.